The van der Waals surface area contributed by atoms with Crippen molar-refractivity contribution >= 4 is 0 Å². The number of halogens is 1. The van der Waals surface area contributed by atoms with Crippen molar-refractivity contribution in [2.75, 3.05) is 13.2 Å². The number of benzene rings is 1. The number of ether oxygens (including phenoxy) is 1. The second-order valence-electron chi connectivity index (χ2n) is 6.01. The number of rotatable bonds is 9. The summed E-state index contributed by atoms with van der Waals surface area (Å²) >= 11 is 0. The second kappa shape index (κ2) is 8.75. The Morgan fingerprint density at radius 1 is 1.31 bits per heavy atom. The van der Waals surface area contributed by atoms with E-state index < -0.39 is 12.1 Å². The molecule has 0 unspecified atom stereocenters. The fourth-order valence-corrected chi connectivity index (χ4v) is 2.71. The lowest BCUT2D eigenvalue weighted by Gasteiger charge is -2.21. The van der Waals surface area contributed by atoms with Crippen LogP contribution >= 0.6 is 0 Å². The number of hydrogen-bond donors (Lipinski definition) is 2. The molecule has 0 aliphatic carbocycles. The third-order valence-corrected chi connectivity index (χ3v) is 4.03. The van der Waals surface area contributed by atoms with Gasteiger partial charge in [0.25, 0.3) is 0 Å². The summed E-state index contributed by atoms with van der Waals surface area (Å²) < 4.78 is 26.7. The molecule has 0 saturated carbocycles. The summed E-state index contributed by atoms with van der Waals surface area (Å²) in [5.41, 5.74) is 0.477. The van der Waals surface area contributed by atoms with Crippen LogP contribution in [-0.4, -0.2) is 33.9 Å². The Kier molecular flexibility index (Phi) is 6.17. The van der Waals surface area contributed by atoms with Gasteiger partial charge in [0.2, 0.25) is 0 Å². The topological polar surface area (TPSA) is 72.5 Å². The molecule has 2 N–H and O–H groups in total. The quantitative estimate of drug-likeness (QED) is 0.614. The van der Waals surface area contributed by atoms with Gasteiger partial charge in [0, 0.05) is 31.5 Å². The molecular weight excluding hydrogens is 337 g/mol. The van der Waals surface area contributed by atoms with Crippen LogP contribution in [0.3, 0.4) is 0 Å². The normalized spacial score (nSPS) is 13.7. The van der Waals surface area contributed by atoms with Crippen molar-refractivity contribution < 1.29 is 18.7 Å². The molecule has 138 valence electrons. The van der Waals surface area contributed by atoms with Gasteiger partial charge in [-0.1, -0.05) is 18.2 Å². The molecule has 0 fully saturated rings. The molecule has 0 amide bonds. The highest BCUT2D eigenvalue weighted by atomic mass is 19.1. The van der Waals surface area contributed by atoms with Crippen molar-refractivity contribution in [2.24, 2.45) is 7.05 Å². The molecule has 3 rings (SSSR count). The molecule has 0 bridgehead atoms. The molecule has 7 heteroatoms. The van der Waals surface area contributed by atoms with Crippen molar-refractivity contribution in [1.82, 2.24) is 14.9 Å². The zero-order valence-electron chi connectivity index (χ0n) is 14.5. The highest BCUT2D eigenvalue weighted by molar-refractivity contribution is 5.27. The van der Waals surface area contributed by atoms with Gasteiger partial charge in [0.15, 0.2) is 0 Å². The number of hydrogen-bond acceptors (Lipinski definition) is 5. The molecule has 26 heavy (non-hydrogen) atoms. The van der Waals surface area contributed by atoms with Crippen molar-refractivity contribution in [1.29, 1.82) is 0 Å². The summed E-state index contributed by atoms with van der Waals surface area (Å²) in [6.45, 7) is 0.655. The molecular formula is C19H22FN3O3. The van der Waals surface area contributed by atoms with Crippen molar-refractivity contribution in [2.45, 2.75) is 18.8 Å². The predicted molar refractivity (Wildman–Crippen MR) is 93.8 cm³/mol. The lowest BCUT2D eigenvalue weighted by atomic mass is 10.1. The van der Waals surface area contributed by atoms with Crippen molar-refractivity contribution in [3.8, 4) is 0 Å². The monoisotopic (exact) mass is 359 g/mol. The van der Waals surface area contributed by atoms with Gasteiger partial charge in [-0.25, -0.2) is 9.37 Å². The minimum Gasteiger partial charge on any atom is -0.467 e. The number of furan rings is 1. The summed E-state index contributed by atoms with van der Waals surface area (Å²) in [6, 6.07) is 9.65. The van der Waals surface area contributed by atoms with E-state index >= 15 is 0 Å². The van der Waals surface area contributed by atoms with E-state index in [1.807, 2.05) is 11.6 Å². The number of aryl methyl sites for hydroxylation is 1. The number of aliphatic hydroxyl groups is 1. The van der Waals surface area contributed by atoms with Gasteiger partial charge >= 0.3 is 0 Å². The van der Waals surface area contributed by atoms with Crippen molar-refractivity contribution in [3.05, 3.63) is 78.0 Å². The van der Waals surface area contributed by atoms with Gasteiger partial charge in [-0.05, 0) is 18.2 Å². The first kappa shape index (κ1) is 18.3. The molecule has 2 atom stereocenters. The van der Waals surface area contributed by atoms with E-state index in [-0.39, 0.29) is 19.0 Å². The van der Waals surface area contributed by atoms with Crippen LogP contribution in [0.2, 0.25) is 0 Å². The maximum Gasteiger partial charge on any atom is 0.130 e. The fraction of sp³-hybridized carbons (Fsp3) is 0.316. The van der Waals surface area contributed by atoms with E-state index in [0.717, 1.165) is 0 Å². The summed E-state index contributed by atoms with van der Waals surface area (Å²) in [5, 5.41) is 13.4. The van der Waals surface area contributed by atoms with Crippen LogP contribution in [-0.2, 0) is 18.4 Å². The van der Waals surface area contributed by atoms with Gasteiger partial charge < -0.3 is 24.1 Å². The number of aromatic nitrogens is 2. The van der Waals surface area contributed by atoms with Crippen LogP contribution < -0.4 is 5.32 Å². The summed E-state index contributed by atoms with van der Waals surface area (Å²) in [4.78, 5) is 4.32. The minimum atomic E-state index is -0.750. The fourth-order valence-electron chi connectivity index (χ4n) is 2.71. The average molecular weight is 359 g/mol. The van der Waals surface area contributed by atoms with Gasteiger partial charge in [0.1, 0.15) is 24.0 Å². The van der Waals surface area contributed by atoms with Gasteiger partial charge in [-0.2, -0.15) is 0 Å². The van der Waals surface area contributed by atoms with Crippen LogP contribution in [0.5, 0.6) is 0 Å². The third-order valence-electron chi connectivity index (χ3n) is 4.03. The lowest BCUT2D eigenvalue weighted by molar-refractivity contribution is 0.0218. The molecule has 3 aromatic rings. The Morgan fingerprint density at radius 3 is 2.85 bits per heavy atom. The maximum atomic E-state index is 14.3. The van der Waals surface area contributed by atoms with E-state index in [2.05, 4.69) is 10.3 Å². The zero-order valence-corrected chi connectivity index (χ0v) is 14.5. The Hall–Kier alpha value is -2.48. The second-order valence-corrected chi connectivity index (χ2v) is 6.01. The molecule has 1 aromatic carbocycles. The Bertz CT molecular complexity index is 804. The average Bonchev–Trinajstić information content (AvgIpc) is 3.29. The van der Waals surface area contributed by atoms with E-state index in [9.17, 15) is 9.50 Å². The van der Waals surface area contributed by atoms with Crippen LogP contribution in [0, 0.1) is 5.82 Å². The molecule has 0 aliphatic heterocycles. The summed E-state index contributed by atoms with van der Waals surface area (Å²) in [5.74, 6) is 1.04. The zero-order chi connectivity index (χ0) is 18.4. The predicted octanol–water partition coefficient (Wildman–Crippen LogP) is 2.41. The molecule has 0 spiro atoms. The van der Waals surface area contributed by atoms with E-state index in [0.29, 0.717) is 23.8 Å². The Labute approximate surface area is 151 Å². The minimum absolute atomic E-state index is 0.137. The van der Waals surface area contributed by atoms with E-state index in [1.165, 1.54) is 6.07 Å². The smallest absolute Gasteiger partial charge is 0.130 e. The SMILES string of the molecule is Cn1ccnc1[C@@H](NC[C@@H](O)COCc1ccco1)c1ccccc1F. The standard InChI is InChI=1S/C19H22FN3O3/c1-23-9-8-21-19(23)18(16-6-2-3-7-17(16)20)22-11-14(24)12-25-13-15-5-4-10-26-15/h2-10,14,18,22,24H,11-13H2,1H3/t14-,18+/m1/s1. The van der Waals surface area contributed by atoms with Crippen molar-refractivity contribution in [3.63, 3.8) is 0 Å². The first-order chi connectivity index (χ1) is 12.6. The van der Waals surface area contributed by atoms with Crippen LogP contribution in [0.4, 0.5) is 4.39 Å². The molecule has 0 radical (unpaired) electrons. The third kappa shape index (κ3) is 4.57. The molecule has 0 aliphatic rings. The number of aliphatic hydroxyl groups excluding tert-OH is 1. The highest BCUT2D eigenvalue weighted by Gasteiger charge is 2.22. The molecule has 6 nitrogen and oxygen atoms in total. The first-order valence-electron chi connectivity index (χ1n) is 8.38. The maximum absolute atomic E-state index is 14.3. The number of nitrogens with zero attached hydrogens (tertiary/aromatic N) is 2. The van der Waals surface area contributed by atoms with Gasteiger partial charge in [0.05, 0.1) is 25.0 Å². The Balaban J connectivity index is 1.61. The highest BCUT2D eigenvalue weighted by Crippen LogP contribution is 2.23. The largest absolute Gasteiger partial charge is 0.467 e. The molecule has 2 heterocycles. The molecule has 2 aromatic heterocycles. The van der Waals surface area contributed by atoms with Gasteiger partial charge in [-0.15, -0.1) is 0 Å². The van der Waals surface area contributed by atoms with E-state index in [1.54, 1.807) is 49.0 Å². The summed E-state index contributed by atoms with van der Waals surface area (Å²) in [7, 11) is 1.85. The molecule has 0 saturated heterocycles. The summed E-state index contributed by atoms with van der Waals surface area (Å²) in [6.07, 6.45) is 4.28. The first-order valence-corrected chi connectivity index (χ1v) is 8.38. The number of nitrogens with one attached hydrogen (secondary N) is 1. The van der Waals surface area contributed by atoms with Gasteiger partial charge in [-0.3, -0.25) is 0 Å². The van der Waals surface area contributed by atoms with Crippen LogP contribution in [0.1, 0.15) is 23.2 Å². The Morgan fingerprint density at radius 2 is 2.15 bits per heavy atom. The number of imidazole rings is 1. The van der Waals surface area contributed by atoms with Crippen LogP contribution in [0.25, 0.3) is 0 Å². The lowest BCUT2D eigenvalue weighted by Crippen LogP contribution is -2.35. The van der Waals surface area contributed by atoms with E-state index in [4.69, 9.17) is 9.15 Å². The van der Waals surface area contributed by atoms with Crippen LogP contribution in [0.15, 0.2) is 59.5 Å².